The number of nitrogens with two attached hydrogens (primary N) is 2. The summed E-state index contributed by atoms with van der Waals surface area (Å²) in [7, 11) is 0. The van der Waals surface area contributed by atoms with Gasteiger partial charge in [0.1, 0.15) is 5.75 Å². The van der Waals surface area contributed by atoms with Crippen LogP contribution in [-0.2, 0) is 4.79 Å². The van der Waals surface area contributed by atoms with Crippen molar-refractivity contribution in [3.8, 4) is 5.75 Å². The Hall–Kier alpha value is -2.08. The molecule has 0 aliphatic carbocycles. The zero-order valence-electron chi connectivity index (χ0n) is 12.1. The lowest BCUT2D eigenvalue weighted by atomic mass is 10.1. The molecule has 1 aromatic rings. The molecule has 2 atom stereocenters. The Morgan fingerprint density at radius 2 is 2.19 bits per heavy atom. The first kappa shape index (κ1) is 15.3. The van der Waals surface area contributed by atoms with E-state index in [2.05, 4.69) is 0 Å². The predicted molar refractivity (Wildman–Crippen MR) is 78.8 cm³/mol. The van der Waals surface area contributed by atoms with Crippen LogP contribution in [0.2, 0.25) is 0 Å². The SMILES string of the molecule is CC1CC(CN)CN1C(=O)c1cccc(OCC(N)=O)c1. The minimum atomic E-state index is -0.550. The van der Waals surface area contributed by atoms with Crippen LogP contribution in [0.15, 0.2) is 24.3 Å². The topological polar surface area (TPSA) is 98.7 Å². The van der Waals surface area contributed by atoms with E-state index < -0.39 is 5.91 Å². The molecule has 1 aromatic carbocycles. The molecule has 1 aliphatic rings. The van der Waals surface area contributed by atoms with Gasteiger partial charge in [-0.2, -0.15) is 0 Å². The van der Waals surface area contributed by atoms with Gasteiger partial charge >= 0.3 is 0 Å². The number of likely N-dealkylation sites (tertiary alicyclic amines) is 1. The average molecular weight is 291 g/mol. The summed E-state index contributed by atoms with van der Waals surface area (Å²) in [4.78, 5) is 25.1. The fourth-order valence-electron chi connectivity index (χ4n) is 2.64. The molecule has 1 aliphatic heterocycles. The lowest BCUT2D eigenvalue weighted by molar-refractivity contribution is -0.119. The van der Waals surface area contributed by atoms with Crippen LogP contribution in [0.1, 0.15) is 23.7 Å². The van der Waals surface area contributed by atoms with Gasteiger partial charge in [-0.25, -0.2) is 0 Å². The average Bonchev–Trinajstić information content (AvgIpc) is 2.86. The van der Waals surface area contributed by atoms with Gasteiger partial charge in [-0.3, -0.25) is 9.59 Å². The first-order valence-corrected chi connectivity index (χ1v) is 7.03. The third kappa shape index (κ3) is 3.72. The number of carbonyl (C=O) groups is 2. The van der Waals surface area contributed by atoms with Gasteiger partial charge in [0.15, 0.2) is 6.61 Å². The highest BCUT2D eigenvalue weighted by molar-refractivity contribution is 5.95. The van der Waals surface area contributed by atoms with Gasteiger partial charge in [0.2, 0.25) is 0 Å². The molecule has 1 fully saturated rings. The highest BCUT2D eigenvalue weighted by Gasteiger charge is 2.32. The largest absolute Gasteiger partial charge is 0.484 e. The molecule has 4 N–H and O–H groups in total. The summed E-state index contributed by atoms with van der Waals surface area (Å²) in [5, 5.41) is 0. The number of hydrogen-bond acceptors (Lipinski definition) is 4. The van der Waals surface area contributed by atoms with E-state index in [4.69, 9.17) is 16.2 Å². The van der Waals surface area contributed by atoms with Crippen molar-refractivity contribution in [3.63, 3.8) is 0 Å². The molecule has 6 nitrogen and oxygen atoms in total. The molecular formula is C15H21N3O3. The van der Waals surface area contributed by atoms with Gasteiger partial charge < -0.3 is 21.1 Å². The van der Waals surface area contributed by atoms with Crippen molar-refractivity contribution in [1.82, 2.24) is 4.90 Å². The van der Waals surface area contributed by atoms with Crippen LogP contribution in [0, 0.1) is 5.92 Å². The van der Waals surface area contributed by atoms with Crippen LogP contribution in [0.3, 0.4) is 0 Å². The second-order valence-corrected chi connectivity index (χ2v) is 5.43. The van der Waals surface area contributed by atoms with E-state index in [0.29, 0.717) is 30.3 Å². The van der Waals surface area contributed by atoms with E-state index in [1.54, 1.807) is 24.3 Å². The number of benzene rings is 1. The smallest absolute Gasteiger partial charge is 0.255 e. The van der Waals surface area contributed by atoms with Crippen LogP contribution in [0.4, 0.5) is 0 Å². The molecule has 0 radical (unpaired) electrons. The van der Waals surface area contributed by atoms with Crippen LogP contribution in [-0.4, -0.2) is 42.5 Å². The zero-order chi connectivity index (χ0) is 15.4. The standard InChI is InChI=1S/C15H21N3O3/c1-10-5-11(7-16)8-18(10)15(20)12-3-2-4-13(6-12)21-9-14(17)19/h2-4,6,10-11H,5,7-9,16H2,1H3,(H2,17,19). The van der Waals surface area contributed by atoms with Crippen molar-refractivity contribution in [2.75, 3.05) is 19.7 Å². The van der Waals surface area contributed by atoms with Crippen molar-refractivity contribution in [3.05, 3.63) is 29.8 Å². The maximum atomic E-state index is 12.5. The molecule has 0 aromatic heterocycles. The van der Waals surface area contributed by atoms with Gasteiger partial charge in [-0.05, 0) is 44.0 Å². The second kappa shape index (κ2) is 6.58. The fourth-order valence-corrected chi connectivity index (χ4v) is 2.64. The lowest BCUT2D eigenvalue weighted by Crippen LogP contribution is -2.34. The highest BCUT2D eigenvalue weighted by Crippen LogP contribution is 2.25. The van der Waals surface area contributed by atoms with Crippen molar-refractivity contribution < 1.29 is 14.3 Å². The van der Waals surface area contributed by atoms with Gasteiger partial charge in [-0.1, -0.05) is 6.07 Å². The second-order valence-electron chi connectivity index (χ2n) is 5.43. The number of carbonyl (C=O) groups excluding carboxylic acids is 2. The predicted octanol–water partition coefficient (Wildman–Crippen LogP) is 0.360. The van der Waals surface area contributed by atoms with Gasteiger partial charge in [0.05, 0.1) is 0 Å². The van der Waals surface area contributed by atoms with E-state index in [9.17, 15) is 9.59 Å². The molecule has 0 spiro atoms. The maximum absolute atomic E-state index is 12.5. The molecule has 0 bridgehead atoms. The summed E-state index contributed by atoms with van der Waals surface area (Å²) >= 11 is 0. The third-order valence-electron chi connectivity index (χ3n) is 3.72. The molecule has 114 valence electrons. The summed E-state index contributed by atoms with van der Waals surface area (Å²) < 4.78 is 5.22. The van der Waals surface area contributed by atoms with Crippen molar-refractivity contribution in [2.45, 2.75) is 19.4 Å². The molecule has 2 amide bonds. The van der Waals surface area contributed by atoms with Crippen LogP contribution >= 0.6 is 0 Å². The molecule has 2 rings (SSSR count). The molecular weight excluding hydrogens is 270 g/mol. The van der Waals surface area contributed by atoms with E-state index in [1.165, 1.54) is 0 Å². The van der Waals surface area contributed by atoms with Crippen LogP contribution in [0.25, 0.3) is 0 Å². The number of primary amides is 1. The number of hydrogen-bond donors (Lipinski definition) is 2. The van der Waals surface area contributed by atoms with E-state index >= 15 is 0 Å². The molecule has 1 heterocycles. The van der Waals surface area contributed by atoms with Crippen molar-refractivity contribution in [1.29, 1.82) is 0 Å². The quantitative estimate of drug-likeness (QED) is 0.818. The Morgan fingerprint density at radius 3 is 2.81 bits per heavy atom. The van der Waals surface area contributed by atoms with E-state index in [-0.39, 0.29) is 18.6 Å². The van der Waals surface area contributed by atoms with Gasteiger partial charge in [-0.15, -0.1) is 0 Å². The van der Waals surface area contributed by atoms with Crippen molar-refractivity contribution in [2.24, 2.45) is 17.4 Å². The molecule has 1 saturated heterocycles. The third-order valence-corrected chi connectivity index (χ3v) is 3.72. The summed E-state index contributed by atoms with van der Waals surface area (Å²) in [5.74, 6) is 0.230. The fraction of sp³-hybridized carbons (Fsp3) is 0.467. The Balaban J connectivity index is 2.09. The van der Waals surface area contributed by atoms with Crippen LogP contribution in [0.5, 0.6) is 5.75 Å². The number of ether oxygens (including phenoxy) is 1. The molecule has 21 heavy (non-hydrogen) atoms. The van der Waals surface area contributed by atoms with Gasteiger partial charge in [0, 0.05) is 18.2 Å². The Kier molecular flexibility index (Phi) is 4.80. The van der Waals surface area contributed by atoms with E-state index in [0.717, 1.165) is 6.42 Å². The molecule has 0 saturated carbocycles. The lowest BCUT2D eigenvalue weighted by Gasteiger charge is -2.21. The zero-order valence-corrected chi connectivity index (χ0v) is 12.1. The Bertz CT molecular complexity index is 533. The summed E-state index contributed by atoms with van der Waals surface area (Å²) in [6.07, 6.45) is 0.931. The van der Waals surface area contributed by atoms with Crippen LogP contribution < -0.4 is 16.2 Å². The molecule has 6 heteroatoms. The first-order chi connectivity index (χ1) is 10.0. The summed E-state index contributed by atoms with van der Waals surface area (Å²) in [5.41, 5.74) is 11.3. The molecule has 2 unspecified atom stereocenters. The van der Waals surface area contributed by atoms with Gasteiger partial charge in [0.25, 0.3) is 11.8 Å². The normalized spacial score (nSPS) is 21.3. The highest BCUT2D eigenvalue weighted by atomic mass is 16.5. The first-order valence-electron chi connectivity index (χ1n) is 7.03. The maximum Gasteiger partial charge on any atom is 0.255 e. The number of rotatable bonds is 5. The minimum Gasteiger partial charge on any atom is -0.484 e. The number of amides is 2. The number of nitrogens with zero attached hydrogens (tertiary/aromatic N) is 1. The summed E-state index contributed by atoms with van der Waals surface area (Å²) in [6, 6.07) is 6.97. The van der Waals surface area contributed by atoms with Crippen molar-refractivity contribution >= 4 is 11.8 Å². The Labute approximate surface area is 124 Å². The Morgan fingerprint density at radius 1 is 1.43 bits per heavy atom. The van der Waals surface area contributed by atoms with E-state index in [1.807, 2.05) is 11.8 Å². The monoisotopic (exact) mass is 291 g/mol. The minimum absolute atomic E-state index is 0.0389. The summed E-state index contributed by atoms with van der Waals surface area (Å²) in [6.45, 7) is 3.10.